The highest BCUT2D eigenvalue weighted by Gasteiger charge is 2.14. The summed E-state index contributed by atoms with van der Waals surface area (Å²) in [7, 11) is 2.02. The maximum absolute atomic E-state index is 12.4. The minimum absolute atomic E-state index is 0.00950. The van der Waals surface area contributed by atoms with Crippen molar-refractivity contribution in [2.45, 2.75) is 11.4 Å². The van der Waals surface area contributed by atoms with E-state index >= 15 is 0 Å². The van der Waals surface area contributed by atoms with Gasteiger partial charge in [-0.25, -0.2) is 4.98 Å². The van der Waals surface area contributed by atoms with Gasteiger partial charge in [-0.3, -0.25) is 4.79 Å². The molecule has 0 aliphatic rings. The number of hydrogen-bond acceptors (Lipinski definition) is 4. The summed E-state index contributed by atoms with van der Waals surface area (Å²) in [4.78, 5) is 19.2. The Balaban J connectivity index is 1.58. The van der Waals surface area contributed by atoms with Gasteiger partial charge in [0.15, 0.2) is 6.54 Å². The Morgan fingerprint density at radius 3 is 2.85 bits per heavy atom. The first kappa shape index (κ1) is 18.6. The van der Waals surface area contributed by atoms with Gasteiger partial charge in [0.1, 0.15) is 11.6 Å². The minimum atomic E-state index is 0.00950. The standard InChI is InChI=1S/C20H21N3OS2/c1-3-12-25-17-10-6-4-8-15(17)21-19(24)13-23(2)14-20-22-16-9-5-7-11-18(16)26-20/h3-11H,1,12-14H2,2H3,(H,21,24)/p+1. The molecular formula is C20H22N3OS2+. The van der Waals surface area contributed by atoms with Crippen LogP contribution in [0.5, 0.6) is 0 Å². The van der Waals surface area contributed by atoms with Crippen LogP contribution in [0.1, 0.15) is 5.01 Å². The van der Waals surface area contributed by atoms with E-state index in [9.17, 15) is 4.79 Å². The van der Waals surface area contributed by atoms with Crippen LogP contribution in [0.3, 0.4) is 0 Å². The maximum atomic E-state index is 12.4. The molecule has 1 amide bonds. The lowest BCUT2D eigenvalue weighted by molar-refractivity contribution is -0.885. The smallest absolute Gasteiger partial charge is 0.279 e. The second kappa shape index (κ2) is 8.98. The lowest BCUT2D eigenvalue weighted by Crippen LogP contribution is -3.08. The van der Waals surface area contributed by atoms with Crippen LogP contribution in [-0.2, 0) is 11.3 Å². The SMILES string of the molecule is C=CCSc1ccccc1NC(=O)C[NH+](C)Cc1nc2ccccc2s1. The van der Waals surface area contributed by atoms with Crippen molar-refractivity contribution in [2.24, 2.45) is 0 Å². The molecule has 0 bridgehead atoms. The summed E-state index contributed by atoms with van der Waals surface area (Å²) in [5.74, 6) is 0.825. The molecule has 6 heteroatoms. The van der Waals surface area contributed by atoms with Crippen LogP contribution in [0.15, 0.2) is 66.1 Å². The van der Waals surface area contributed by atoms with Gasteiger partial charge in [0.2, 0.25) is 0 Å². The van der Waals surface area contributed by atoms with E-state index < -0.39 is 0 Å². The Labute approximate surface area is 161 Å². The van der Waals surface area contributed by atoms with Crippen molar-refractivity contribution in [3.63, 3.8) is 0 Å². The van der Waals surface area contributed by atoms with E-state index in [1.165, 1.54) is 4.70 Å². The number of hydrogen-bond donors (Lipinski definition) is 2. The number of quaternary nitrogens is 1. The average molecular weight is 385 g/mol. The summed E-state index contributed by atoms with van der Waals surface area (Å²) in [6.45, 7) is 4.88. The Kier molecular flexibility index (Phi) is 6.44. The molecule has 1 unspecified atom stereocenters. The predicted molar refractivity (Wildman–Crippen MR) is 111 cm³/mol. The number of para-hydroxylation sites is 2. The van der Waals surface area contributed by atoms with Gasteiger partial charge in [-0.2, -0.15) is 0 Å². The number of anilines is 1. The largest absolute Gasteiger partial charge is 0.324 e. The summed E-state index contributed by atoms with van der Waals surface area (Å²) in [6.07, 6.45) is 1.86. The third kappa shape index (κ3) is 4.94. The molecule has 3 aromatic rings. The topological polar surface area (TPSA) is 46.4 Å². The molecule has 4 nitrogen and oxygen atoms in total. The van der Waals surface area contributed by atoms with Crippen LogP contribution in [0.2, 0.25) is 0 Å². The van der Waals surface area contributed by atoms with Gasteiger partial charge < -0.3 is 10.2 Å². The number of carbonyl (C=O) groups is 1. The average Bonchev–Trinajstić information content (AvgIpc) is 3.02. The van der Waals surface area contributed by atoms with Gasteiger partial charge in [-0.1, -0.05) is 30.3 Å². The van der Waals surface area contributed by atoms with E-state index in [1.54, 1.807) is 23.1 Å². The second-order valence-electron chi connectivity index (χ2n) is 6.03. The van der Waals surface area contributed by atoms with Gasteiger partial charge in [-0.05, 0) is 24.3 Å². The maximum Gasteiger partial charge on any atom is 0.279 e. The zero-order chi connectivity index (χ0) is 18.4. The monoisotopic (exact) mass is 384 g/mol. The molecule has 1 aromatic heterocycles. The summed E-state index contributed by atoms with van der Waals surface area (Å²) >= 11 is 3.36. The van der Waals surface area contributed by atoms with Crippen LogP contribution in [0.4, 0.5) is 5.69 Å². The molecule has 2 aromatic carbocycles. The van der Waals surface area contributed by atoms with E-state index in [2.05, 4.69) is 22.9 Å². The number of rotatable bonds is 8. The van der Waals surface area contributed by atoms with Crippen molar-refractivity contribution in [2.75, 3.05) is 24.7 Å². The molecule has 1 atom stereocenters. The van der Waals surface area contributed by atoms with Crippen LogP contribution in [0.25, 0.3) is 10.2 Å². The number of fused-ring (bicyclic) bond motifs is 1. The summed E-state index contributed by atoms with van der Waals surface area (Å²) < 4.78 is 1.19. The molecule has 3 rings (SSSR count). The number of amides is 1. The first-order chi connectivity index (χ1) is 12.7. The number of carbonyl (C=O) groups excluding carboxylic acids is 1. The first-order valence-corrected chi connectivity index (χ1v) is 10.2. The van der Waals surface area contributed by atoms with Gasteiger partial charge >= 0.3 is 0 Å². The fourth-order valence-corrected chi connectivity index (χ4v) is 4.46. The van der Waals surface area contributed by atoms with Gasteiger partial charge in [0.05, 0.1) is 23.0 Å². The molecule has 26 heavy (non-hydrogen) atoms. The number of thioether (sulfide) groups is 1. The molecule has 0 saturated carbocycles. The molecule has 0 radical (unpaired) electrons. The molecular weight excluding hydrogens is 362 g/mol. The molecule has 134 valence electrons. The van der Waals surface area contributed by atoms with E-state index in [-0.39, 0.29) is 5.91 Å². The van der Waals surface area contributed by atoms with E-state index in [4.69, 9.17) is 0 Å². The van der Waals surface area contributed by atoms with Crippen molar-refractivity contribution in [1.29, 1.82) is 0 Å². The molecule has 1 heterocycles. The van der Waals surface area contributed by atoms with E-state index in [1.807, 2.05) is 55.6 Å². The van der Waals surface area contributed by atoms with Crippen molar-refractivity contribution in [3.8, 4) is 0 Å². The summed E-state index contributed by atoms with van der Waals surface area (Å²) in [5.41, 5.74) is 1.88. The fourth-order valence-electron chi connectivity index (χ4n) is 2.63. The Hall–Kier alpha value is -2.15. The van der Waals surface area contributed by atoms with Gasteiger partial charge in [0.25, 0.3) is 5.91 Å². The Bertz CT molecular complexity index is 874. The van der Waals surface area contributed by atoms with E-state index in [0.717, 1.165) is 38.3 Å². The highest BCUT2D eigenvalue weighted by molar-refractivity contribution is 7.99. The number of benzene rings is 2. The predicted octanol–water partition coefficient (Wildman–Crippen LogP) is 3.23. The van der Waals surface area contributed by atoms with Crippen LogP contribution in [-0.4, -0.2) is 30.2 Å². The first-order valence-electron chi connectivity index (χ1n) is 8.44. The molecule has 0 aliphatic carbocycles. The lowest BCUT2D eigenvalue weighted by Gasteiger charge is -2.14. The van der Waals surface area contributed by atoms with Crippen molar-refractivity contribution in [1.82, 2.24) is 4.98 Å². The molecule has 2 N–H and O–H groups in total. The van der Waals surface area contributed by atoms with Gasteiger partial charge in [0, 0.05) is 10.6 Å². The zero-order valence-corrected chi connectivity index (χ0v) is 16.3. The quantitative estimate of drug-likeness (QED) is 0.463. The number of likely N-dealkylation sites (N-methyl/N-ethyl adjacent to an activating group) is 1. The van der Waals surface area contributed by atoms with Crippen LogP contribution >= 0.6 is 23.1 Å². The van der Waals surface area contributed by atoms with Crippen LogP contribution in [0, 0.1) is 0 Å². The highest BCUT2D eigenvalue weighted by Crippen LogP contribution is 2.26. The van der Waals surface area contributed by atoms with E-state index in [0.29, 0.717) is 6.54 Å². The second-order valence-corrected chi connectivity index (χ2v) is 8.21. The van der Waals surface area contributed by atoms with Gasteiger partial charge in [-0.15, -0.1) is 29.7 Å². The third-order valence-corrected chi connectivity index (χ3v) is 5.88. The highest BCUT2D eigenvalue weighted by atomic mass is 32.2. The zero-order valence-electron chi connectivity index (χ0n) is 14.7. The Morgan fingerprint density at radius 1 is 1.27 bits per heavy atom. The third-order valence-electron chi connectivity index (χ3n) is 3.77. The van der Waals surface area contributed by atoms with Crippen molar-refractivity contribution >= 4 is 44.9 Å². The van der Waals surface area contributed by atoms with Crippen molar-refractivity contribution in [3.05, 3.63) is 66.2 Å². The molecule has 0 spiro atoms. The summed E-state index contributed by atoms with van der Waals surface area (Å²) in [6, 6.07) is 16.0. The lowest BCUT2D eigenvalue weighted by atomic mass is 10.3. The number of aromatic nitrogens is 1. The van der Waals surface area contributed by atoms with Crippen molar-refractivity contribution < 1.29 is 9.69 Å². The minimum Gasteiger partial charge on any atom is -0.324 e. The molecule has 0 saturated heterocycles. The Morgan fingerprint density at radius 2 is 2.04 bits per heavy atom. The number of nitrogens with zero attached hydrogens (tertiary/aromatic N) is 1. The molecule has 0 fully saturated rings. The number of thiazole rings is 1. The van der Waals surface area contributed by atoms with Crippen LogP contribution < -0.4 is 10.2 Å². The normalized spacial score (nSPS) is 12.0. The summed E-state index contributed by atoms with van der Waals surface area (Å²) in [5, 5.41) is 4.08. The molecule has 0 aliphatic heterocycles. The number of nitrogens with one attached hydrogen (secondary N) is 2. The fraction of sp³-hybridized carbons (Fsp3) is 0.200.